The van der Waals surface area contributed by atoms with Crippen molar-refractivity contribution >= 4 is 0 Å². The third-order valence-electron chi connectivity index (χ3n) is 3.61. The fourth-order valence-electron chi connectivity index (χ4n) is 2.43. The van der Waals surface area contributed by atoms with Gasteiger partial charge in [-0.05, 0) is 17.7 Å². The molecule has 2 rings (SSSR count). The maximum atomic E-state index is 10.4. The van der Waals surface area contributed by atoms with Gasteiger partial charge in [0.2, 0.25) is 5.75 Å². The summed E-state index contributed by atoms with van der Waals surface area (Å²) < 4.78 is 21.2. The maximum Gasteiger partial charge on any atom is 0.203 e. The van der Waals surface area contributed by atoms with Gasteiger partial charge < -0.3 is 24.1 Å². The van der Waals surface area contributed by atoms with E-state index in [1.165, 1.54) is 0 Å². The highest BCUT2D eigenvalue weighted by atomic mass is 16.5. The Morgan fingerprint density at radius 1 is 1.10 bits per heavy atom. The summed E-state index contributed by atoms with van der Waals surface area (Å²) in [4.78, 5) is 2.18. The van der Waals surface area contributed by atoms with E-state index in [9.17, 15) is 5.11 Å². The second-order valence-corrected chi connectivity index (χ2v) is 4.89. The Hall–Kier alpha value is -1.50. The van der Waals surface area contributed by atoms with Crippen molar-refractivity contribution in [2.45, 2.75) is 6.10 Å². The number of aliphatic hydroxyl groups excluding tert-OH is 1. The minimum absolute atomic E-state index is 0.530. The second-order valence-electron chi connectivity index (χ2n) is 4.89. The molecule has 0 saturated carbocycles. The van der Waals surface area contributed by atoms with Gasteiger partial charge >= 0.3 is 0 Å². The van der Waals surface area contributed by atoms with Crippen LogP contribution in [0.4, 0.5) is 0 Å². The molecule has 0 amide bonds. The average molecular weight is 297 g/mol. The lowest BCUT2D eigenvalue weighted by Gasteiger charge is -2.29. The number of hydrogen-bond donors (Lipinski definition) is 1. The largest absolute Gasteiger partial charge is 0.493 e. The van der Waals surface area contributed by atoms with Crippen molar-refractivity contribution in [1.29, 1.82) is 0 Å². The molecular formula is C15H23NO5. The average Bonchev–Trinajstić information content (AvgIpc) is 2.54. The van der Waals surface area contributed by atoms with E-state index in [4.69, 9.17) is 18.9 Å². The first kappa shape index (κ1) is 15.9. The minimum atomic E-state index is -0.614. The van der Waals surface area contributed by atoms with Crippen molar-refractivity contribution in [3.8, 4) is 17.2 Å². The molecule has 1 fully saturated rings. The van der Waals surface area contributed by atoms with Gasteiger partial charge in [0.25, 0.3) is 0 Å². The van der Waals surface area contributed by atoms with Crippen LogP contribution in [0.2, 0.25) is 0 Å². The van der Waals surface area contributed by atoms with Gasteiger partial charge in [-0.2, -0.15) is 0 Å². The number of methoxy groups -OCH3 is 3. The van der Waals surface area contributed by atoms with E-state index in [0.29, 0.717) is 37.0 Å². The molecular weight excluding hydrogens is 274 g/mol. The molecule has 0 spiro atoms. The van der Waals surface area contributed by atoms with Gasteiger partial charge in [0.15, 0.2) is 11.5 Å². The molecule has 1 aromatic rings. The van der Waals surface area contributed by atoms with Crippen LogP contribution in [0.1, 0.15) is 11.7 Å². The molecule has 1 atom stereocenters. The van der Waals surface area contributed by atoms with Gasteiger partial charge in [-0.1, -0.05) is 0 Å². The van der Waals surface area contributed by atoms with Crippen molar-refractivity contribution in [2.75, 3.05) is 54.2 Å². The zero-order valence-corrected chi connectivity index (χ0v) is 12.8. The predicted molar refractivity (Wildman–Crippen MR) is 78.3 cm³/mol. The van der Waals surface area contributed by atoms with E-state index in [1.54, 1.807) is 33.5 Å². The molecule has 1 aromatic carbocycles. The monoisotopic (exact) mass is 297 g/mol. The maximum absolute atomic E-state index is 10.4. The molecule has 1 saturated heterocycles. The number of β-amino-alcohol motifs (C(OH)–C–C–N with tert-alkyl or cyclic N) is 1. The van der Waals surface area contributed by atoms with Crippen LogP contribution in [0.5, 0.6) is 17.2 Å². The van der Waals surface area contributed by atoms with E-state index in [-0.39, 0.29) is 0 Å². The summed E-state index contributed by atoms with van der Waals surface area (Å²) in [6.45, 7) is 3.65. The molecule has 0 aromatic heterocycles. The van der Waals surface area contributed by atoms with Gasteiger partial charge in [-0.3, -0.25) is 4.90 Å². The summed E-state index contributed by atoms with van der Waals surface area (Å²) in [5, 5.41) is 10.4. The lowest BCUT2D eigenvalue weighted by atomic mass is 10.1. The summed E-state index contributed by atoms with van der Waals surface area (Å²) in [7, 11) is 4.69. The van der Waals surface area contributed by atoms with E-state index < -0.39 is 6.10 Å². The first-order valence-electron chi connectivity index (χ1n) is 6.97. The molecule has 1 aliphatic heterocycles. The highest BCUT2D eigenvalue weighted by molar-refractivity contribution is 5.54. The molecule has 118 valence electrons. The molecule has 6 nitrogen and oxygen atoms in total. The first-order chi connectivity index (χ1) is 10.2. The van der Waals surface area contributed by atoms with Crippen molar-refractivity contribution in [1.82, 2.24) is 4.90 Å². The lowest BCUT2D eigenvalue weighted by Crippen LogP contribution is -2.38. The Labute approximate surface area is 125 Å². The lowest BCUT2D eigenvalue weighted by molar-refractivity contribution is 0.0142. The number of hydrogen-bond acceptors (Lipinski definition) is 6. The van der Waals surface area contributed by atoms with Crippen molar-refractivity contribution in [2.24, 2.45) is 0 Å². The van der Waals surface area contributed by atoms with Gasteiger partial charge in [0, 0.05) is 19.6 Å². The SMILES string of the molecule is COc1cc(C(O)CN2CCOCC2)cc(OC)c1OC. The normalized spacial score (nSPS) is 17.3. The van der Waals surface area contributed by atoms with Gasteiger partial charge in [0.1, 0.15) is 0 Å². The summed E-state index contributed by atoms with van der Waals surface area (Å²) in [6, 6.07) is 3.57. The van der Waals surface area contributed by atoms with Crippen LogP contribution < -0.4 is 14.2 Å². The summed E-state index contributed by atoms with van der Waals surface area (Å²) >= 11 is 0. The van der Waals surface area contributed by atoms with Crippen LogP contribution in [0.15, 0.2) is 12.1 Å². The summed E-state index contributed by atoms with van der Waals surface area (Å²) in [6.07, 6.45) is -0.614. The number of rotatable bonds is 6. The third-order valence-corrected chi connectivity index (χ3v) is 3.61. The highest BCUT2D eigenvalue weighted by Crippen LogP contribution is 2.39. The van der Waals surface area contributed by atoms with Crippen molar-refractivity contribution in [3.05, 3.63) is 17.7 Å². The molecule has 1 aliphatic rings. The van der Waals surface area contributed by atoms with Gasteiger partial charge in [-0.15, -0.1) is 0 Å². The Kier molecular flexibility index (Phi) is 5.67. The number of morpholine rings is 1. The number of ether oxygens (including phenoxy) is 4. The smallest absolute Gasteiger partial charge is 0.203 e. The molecule has 21 heavy (non-hydrogen) atoms. The van der Waals surface area contributed by atoms with Gasteiger partial charge in [-0.25, -0.2) is 0 Å². The van der Waals surface area contributed by atoms with E-state index in [0.717, 1.165) is 18.7 Å². The van der Waals surface area contributed by atoms with Crippen molar-refractivity contribution < 1.29 is 24.1 Å². The van der Waals surface area contributed by atoms with Gasteiger partial charge in [0.05, 0.1) is 40.6 Å². The zero-order chi connectivity index (χ0) is 15.2. The molecule has 1 heterocycles. The van der Waals surface area contributed by atoms with Crippen LogP contribution >= 0.6 is 0 Å². The number of nitrogens with zero attached hydrogens (tertiary/aromatic N) is 1. The summed E-state index contributed by atoms with van der Waals surface area (Å²) in [5.74, 6) is 1.63. The second kappa shape index (κ2) is 7.49. The molecule has 0 radical (unpaired) electrons. The summed E-state index contributed by atoms with van der Waals surface area (Å²) in [5.41, 5.74) is 0.746. The Morgan fingerprint density at radius 3 is 2.14 bits per heavy atom. The Morgan fingerprint density at radius 2 is 1.67 bits per heavy atom. The first-order valence-corrected chi connectivity index (χ1v) is 6.97. The quantitative estimate of drug-likeness (QED) is 0.848. The van der Waals surface area contributed by atoms with Crippen LogP contribution in [-0.2, 0) is 4.74 Å². The highest BCUT2D eigenvalue weighted by Gasteiger charge is 2.20. The predicted octanol–water partition coefficient (Wildman–Crippen LogP) is 1.08. The molecule has 0 bridgehead atoms. The fourth-order valence-corrected chi connectivity index (χ4v) is 2.43. The fraction of sp³-hybridized carbons (Fsp3) is 0.600. The van der Waals surface area contributed by atoms with E-state index in [2.05, 4.69) is 4.90 Å². The Bertz CT molecular complexity index is 434. The van der Waals surface area contributed by atoms with Crippen molar-refractivity contribution in [3.63, 3.8) is 0 Å². The Balaban J connectivity index is 2.17. The van der Waals surface area contributed by atoms with Crippen LogP contribution in [0, 0.1) is 0 Å². The molecule has 1 N–H and O–H groups in total. The minimum Gasteiger partial charge on any atom is -0.493 e. The topological polar surface area (TPSA) is 60.4 Å². The standard InChI is InChI=1S/C15H23NO5/c1-18-13-8-11(9-14(19-2)15(13)20-3)12(17)10-16-4-6-21-7-5-16/h8-9,12,17H,4-7,10H2,1-3H3. The van der Waals surface area contributed by atoms with E-state index >= 15 is 0 Å². The zero-order valence-electron chi connectivity index (χ0n) is 12.8. The molecule has 1 unspecified atom stereocenters. The van der Waals surface area contributed by atoms with E-state index in [1.807, 2.05) is 0 Å². The molecule has 6 heteroatoms. The number of aliphatic hydroxyl groups is 1. The van der Waals surface area contributed by atoms with Crippen LogP contribution in [-0.4, -0.2) is 64.2 Å². The van der Waals surface area contributed by atoms with Crippen LogP contribution in [0.25, 0.3) is 0 Å². The van der Waals surface area contributed by atoms with Crippen LogP contribution in [0.3, 0.4) is 0 Å². The third kappa shape index (κ3) is 3.78. The number of benzene rings is 1. The molecule has 0 aliphatic carbocycles.